The van der Waals surface area contributed by atoms with Crippen LogP contribution in [-0.2, 0) is 20.8 Å². The van der Waals surface area contributed by atoms with Crippen molar-refractivity contribution >= 4 is 17.6 Å². The molecule has 174 valence electrons. The summed E-state index contributed by atoms with van der Waals surface area (Å²) in [6.07, 6.45) is 9.62. The molecule has 0 aliphatic carbocycles. The van der Waals surface area contributed by atoms with Crippen LogP contribution in [0.25, 0.3) is 0 Å². The minimum atomic E-state index is -0.709. The summed E-state index contributed by atoms with van der Waals surface area (Å²) in [7, 11) is 0. The van der Waals surface area contributed by atoms with Gasteiger partial charge in [-0.25, -0.2) is 4.79 Å². The minimum absolute atomic E-state index is 0.0474. The largest absolute Gasteiger partial charge is 0.508 e. The molecule has 0 spiro atoms. The number of rotatable bonds is 11. The van der Waals surface area contributed by atoms with E-state index in [9.17, 15) is 19.8 Å². The fraction of sp³-hybridized carbons (Fsp3) is 0.458. The summed E-state index contributed by atoms with van der Waals surface area (Å²) in [5.74, 6) is -1.41. The standard InChI is InChI=1S/C24H32N2O6/c1-3-5-10-19(25-32-17-22(29)26-11-8-7-9-12-26)14-18-15-20(27)16-21(28)23(18)24(30)31-13-6-4-2/h4-5,10,15-16,27-28H,2-3,6-9,11-14,17H2,1H3/b10-5+,25-19-. The smallest absolute Gasteiger partial charge is 0.342 e. The van der Waals surface area contributed by atoms with E-state index in [4.69, 9.17) is 9.57 Å². The molecule has 1 fully saturated rings. The zero-order chi connectivity index (χ0) is 23.3. The van der Waals surface area contributed by atoms with E-state index in [1.165, 1.54) is 6.07 Å². The third-order valence-electron chi connectivity index (χ3n) is 4.94. The molecule has 1 aliphatic heterocycles. The highest BCUT2D eigenvalue weighted by Crippen LogP contribution is 2.29. The van der Waals surface area contributed by atoms with Crippen LogP contribution >= 0.6 is 0 Å². The van der Waals surface area contributed by atoms with E-state index in [1.54, 1.807) is 17.1 Å². The molecule has 0 radical (unpaired) electrons. The number of oxime groups is 1. The van der Waals surface area contributed by atoms with E-state index in [0.29, 0.717) is 17.7 Å². The maximum absolute atomic E-state index is 12.5. The van der Waals surface area contributed by atoms with Crippen LogP contribution in [0.1, 0.15) is 54.9 Å². The highest BCUT2D eigenvalue weighted by molar-refractivity contribution is 6.00. The normalized spacial score (nSPS) is 14.4. The molecule has 8 heteroatoms. The van der Waals surface area contributed by atoms with Gasteiger partial charge in [0, 0.05) is 25.6 Å². The van der Waals surface area contributed by atoms with E-state index in [2.05, 4.69) is 11.7 Å². The highest BCUT2D eigenvalue weighted by Gasteiger charge is 2.21. The summed E-state index contributed by atoms with van der Waals surface area (Å²) in [5, 5.41) is 24.3. The van der Waals surface area contributed by atoms with Gasteiger partial charge in [0.25, 0.3) is 5.91 Å². The van der Waals surface area contributed by atoms with E-state index in [-0.39, 0.29) is 42.6 Å². The van der Waals surface area contributed by atoms with Gasteiger partial charge in [0.1, 0.15) is 17.1 Å². The van der Waals surface area contributed by atoms with Gasteiger partial charge in [0.05, 0.1) is 12.3 Å². The average molecular weight is 445 g/mol. The number of nitrogens with zero attached hydrogens (tertiary/aromatic N) is 2. The molecule has 2 rings (SSSR count). The number of ether oxygens (including phenoxy) is 1. The number of likely N-dealkylation sites (tertiary alicyclic amines) is 1. The summed E-state index contributed by atoms with van der Waals surface area (Å²) in [6.45, 7) is 6.94. The SMILES string of the molecule is C=CCCOC(=O)c1c(O)cc(O)cc1CC(/C=C/CC)=N\OCC(=O)N1CCCCC1. The molecule has 1 amide bonds. The molecule has 0 aromatic heterocycles. The molecule has 0 unspecified atom stereocenters. The number of hydrogen-bond donors (Lipinski definition) is 2. The number of piperidine rings is 1. The predicted molar refractivity (Wildman–Crippen MR) is 122 cm³/mol. The van der Waals surface area contributed by atoms with Crippen LogP contribution in [0.15, 0.2) is 42.1 Å². The van der Waals surface area contributed by atoms with E-state index < -0.39 is 5.97 Å². The van der Waals surface area contributed by atoms with Crippen LogP contribution in [0, 0.1) is 0 Å². The number of benzene rings is 1. The molecular weight excluding hydrogens is 412 g/mol. The lowest BCUT2D eigenvalue weighted by Gasteiger charge is -2.26. The Morgan fingerprint density at radius 1 is 1.22 bits per heavy atom. The second-order valence-corrected chi connectivity index (χ2v) is 7.50. The van der Waals surface area contributed by atoms with Crippen molar-refractivity contribution in [2.75, 3.05) is 26.3 Å². The molecule has 0 bridgehead atoms. The average Bonchev–Trinajstić information content (AvgIpc) is 2.77. The Balaban J connectivity index is 2.17. The zero-order valence-electron chi connectivity index (χ0n) is 18.6. The Kier molecular flexibility index (Phi) is 10.3. The minimum Gasteiger partial charge on any atom is -0.508 e. The Labute approximate surface area is 188 Å². The number of aromatic hydroxyl groups is 2. The molecule has 1 aliphatic rings. The lowest BCUT2D eigenvalue weighted by molar-refractivity contribution is -0.137. The van der Waals surface area contributed by atoms with Crippen molar-refractivity contribution < 1.29 is 29.4 Å². The van der Waals surface area contributed by atoms with Gasteiger partial charge in [0.15, 0.2) is 6.61 Å². The van der Waals surface area contributed by atoms with Gasteiger partial charge < -0.3 is 24.7 Å². The van der Waals surface area contributed by atoms with E-state index in [1.807, 2.05) is 13.0 Å². The molecule has 0 saturated carbocycles. The van der Waals surface area contributed by atoms with Gasteiger partial charge >= 0.3 is 5.97 Å². The first kappa shape index (κ1) is 25.0. The van der Waals surface area contributed by atoms with Crippen molar-refractivity contribution in [2.45, 2.75) is 45.4 Å². The molecule has 2 N–H and O–H groups in total. The number of esters is 1. The van der Waals surface area contributed by atoms with Crippen LogP contribution in [0.4, 0.5) is 0 Å². The number of carbonyl (C=O) groups excluding carboxylic acids is 2. The second kappa shape index (κ2) is 13.2. The summed E-state index contributed by atoms with van der Waals surface area (Å²) in [6, 6.07) is 2.46. The van der Waals surface area contributed by atoms with Crippen LogP contribution < -0.4 is 0 Å². The van der Waals surface area contributed by atoms with Crippen molar-refractivity contribution in [1.29, 1.82) is 0 Å². The number of hydrogen-bond acceptors (Lipinski definition) is 7. The first-order valence-corrected chi connectivity index (χ1v) is 10.9. The van der Waals surface area contributed by atoms with Crippen molar-refractivity contribution in [3.05, 3.63) is 48.1 Å². The van der Waals surface area contributed by atoms with Crippen LogP contribution in [0.3, 0.4) is 0 Å². The van der Waals surface area contributed by atoms with Gasteiger partial charge in [-0.15, -0.1) is 6.58 Å². The van der Waals surface area contributed by atoms with Crippen LogP contribution in [-0.4, -0.2) is 59.0 Å². The second-order valence-electron chi connectivity index (χ2n) is 7.50. The van der Waals surface area contributed by atoms with Crippen molar-refractivity contribution in [3.63, 3.8) is 0 Å². The van der Waals surface area contributed by atoms with Crippen LogP contribution in [0.2, 0.25) is 0 Å². The zero-order valence-corrected chi connectivity index (χ0v) is 18.6. The molecule has 1 aromatic carbocycles. The van der Waals surface area contributed by atoms with Crippen molar-refractivity contribution in [1.82, 2.24) is 4.90 Å². The summed E-state index contributed by atoms with van der Waals surface area (Å²) >= 11 is 0. The molecule has 1 heterocycles. The molecule has 1 aromatic rings. The highest BCUT2D eigenvalue weighted by atomic mass is 16.6. The third-order valence-corrected chi connectivity index (χ3v) is 4.94. The number of carbonyl (C=O) groups is 2. The Bertz CT molecular complexity index is 856. The molecular formula is C24H32N2O6. The van der Waals surface area contributed by atoms with Gasteiger partial charge in [-0.05, 0) is 49.8 Å². The van der Waals surface area contributed by atoms with Gasteiger partial charge in [-0.3, -0.25) is 4.79 Å². The van der Waals surface area contributed by atoms with Crippen molar-refractivity contribution in [2.24, 2.45) is 5.16 Å². The number of phenols is 2. The van der Waals surface area contributed by atoms with Gasteiger partial charge in [-0.2, -0.15) is 0 Å². The summed E-state index contributed by atoms with van der Waals surface area (Å²) in [5.41, 5.74) is 0.717. The number of allylic oxidation sites excluding steroid dienone is 2. The fourth-order valence-corrected chi connectivity index (χ4v) is 3.33. The topological polar surface area (TPSA) is 109 Å². The lowest BCUT2D eigenvalue weighted by Crippen LogP contribution is -2.37. The molecule has 8 nitrogen and oxygen atoms in total. The number of phenolic OH excluding ortho intramolecular Hbond substituents is 2. The molecule has 0 atom stereocenters. The van der Waals surface area contributed by atoms with Crippen molar-refractivity contribution in [3.8, 4) is 11.5 Å². The van der Waals surface area contributed by atoms with E-state index in [0.717, 1.165) is 44.8 Å². The lowest BCUT2D eigenvalue weighted by atomic mass is 10.00. The quantitative estimate of drug-likeness (QED) is 0.177. The fourth-order valence-electron chi connectivity index (χ4n) is 3.33. The van der Waals surface area contributed by atoms with Gasteiger partial charge in [0.2, 0.25) is 0 Å². The number of amides is 1. The predicted octanol–water partition coefficient (Wildman–Crippen LogP) is 3.72. The summed E-state index contributed by atoms with van der Waals surface area (Å²) in [4.78, 5) is 31.9. The Hall–Kier alpha value is -3.29. The van der Waals surface area contributed by atoms with E-state index >= 15 is 0 Å². The maximum Gasteiger partial charge on any atom is 0.342 e. The first-order chi connectivity index (χ1) is 15.5. The summed E-state index contributed by atoms with van der Waals surface area (Å²) < 4.78 is 5.18. The monoisotopic (exact) mass is 444 g/mol. The van der Waals surface area contributed by atoms with Crippen LogP contribution in [0.5, 0.6) is 11.5 Å². The Morgan fingerprint density at radius 2 is 1.97 bits per heavy atom. The molecule has 32 heavy (non-hydrogen) atoms. The maximum atomic E-state index is 12.5. The first-order valence-electron chi connectivity index (χ1n) is 10.9. The molecule has 1 saturated heterocycles. The van der Waals surface area contributed by atoms with Gasteiger partial charge in [-0.1, -0.05) is 24.2 Å². The third kappa shape index (κ3) is 7.76. The Morgan fingerprint density at radius 3 is 2.66 bits per heavy atom.